The molecule has 0 saturated heterocycles. The van der Waals surface area contributed by atoms with Crippen molar-refractivity contribution in [3.63, 3.8) is 0 Å². The van der Waals surface area contributed by atoms with Crippen molar-refractivity contribution in [2.24, 2.45) is 23.7 Å². The van der Waals surface area contributed by atoms with Gasteiger partial charge in [-0.1, -0.05) is 0 Å². The van der Waals surface area contributed by atoms with Crippen LogP contribution in [0.3, 0.4) is 0 Å². The van der Waals surface area contributed by atoms with Gasteiger partial charge in [-0.05, 0) is 76.2 Å². The number of esters is 1. The summed E-state index contributed by atoms with van der Waals surface area (Å²) in [4.78, 5) is 38.6. The highest BCUT2D eigenvalue weighted by Crippen LogP contribution is 2.52. The molecule has 1 N–H and O–H groups in total. The van der Waals surface area contributed by atoms with Crippen LogP contribution < -0.4 is 10.4 Å². The molecule has 1 heterocycles. The molecule has 2 bridgehead atoms. The Labute approximate surface area is 168 Å². The fourth-order valence-electron chi connectivity index (χ4n) is 5.35. The van der Waals surface area contributed by atoms with E-state index in [0.29, 0.717) is 10.6 Å². The molecule has 3 aliphatic carbocycles. The zero-order valence-electron chi connectivity index (χ0n) is 16.3. The highest BCUT2D eigenvalue weighted by molar-refractivity contribution is 7.17. The Hall–Kier alpha value is -1.89. The highest BCUT2D eigenvalue weighted by Gasteiger charge is 2.51. The van der Waals surface area contributed by atoms with E-state index in [1.165, 1.54) is 11.3 Å². The third kappa shape index (κ3) is 3.34. The van der Waals surface area contributed by atoms with Crippen molar-refractivity contribution in [3.05, 3.63) is 16.0 Å². The van der Waals surface area contributed by atoms with Gasteiger partial charge in [0.2, 0.25) is 5.91 Å². The molecule has 152 valence electrons. The Kier molecular flexibility index (Phi) is 5.21. The number of aryl methyl sites for hydroxylation is 1. The Bertz CT molecular complexity index is 814. The molecule has 1 amide bonds. The molecule has 4 rings (SSSR count). The molecule has 1 aromatic heterocycles. The van der Waals surface area contributed by atoms with E-state index in [0.717, 1.165) is 55.4 Å². The van der Waals surface area contributed by atoms with E-state index < -0.39 is 23.8 Å². The lowest BCUT2D eigenvalue weighted by atomic mass is 9.78. The second-order valence-corrected chi connectivity index (χ2v) is 9.67. The zero-order chi connectivity index (χ0) is 20.0. The summed E-state index contributed by atoms with van der Waals surface area (Å²) in [7, 11) is 0. The number of fused-ring (bicyclic) bond motifs is 3. The van der Waals surface area contributed by atoms with Crippen molar-refractivity contribution in [2.75, 3.05) is 5.32 Å². The number of carboxylic acids is 1. The van der Waals surface area contributed by atoms with Gasteiger partial charge in [0.25, 0.3) is 0 Å². The number of rotatable bonds is 5. The van der Waals surface area contributed by atoms with Crippen LogP contribution in [0.2, 0.25) is 0 Å². The summed E-state index contributed by atoms with van der Waals surface area (Å²) in [6.45, 7) is 3.60. The topological polar surface area (TPSA) is 95.5 Å². The summed E-state index contributed by atoms with van der Waals surface area (Å²) >= 11 is 1.44. The third-order valence-corrected chi connectivity index (χ3v) is 7.65. The van der Waals surface area contributed by atoms with Gasteiger partial charge in [0.05, 0.1) is 11.7 Å². The van der Waals surface area contributed by atoms with E-state index in [1.54, 1.807) is 13.8 Å². The predicted molar refractivity (Wildman–Crippen MR) is 103 cm³/mol. The number of hydrogen-bond donors (Lipinski definition) is 1. The minimum atomic E-state index is -1.13. The molecular weight excluding hydrogens is 378 g/mol. The van der Waals surface area contributed by atoms with Crippen LogP contribution in [0.25, 0.3) is 0 Å². The van der Waals surface area contributed by atoms with E-state index in [4.69, 9.17) is 4.74 Å². The van der Waals surface area contributed by atoms with Crippen LogP contribution in [0, 0.1) is 23.7 Å². The van der Waals surface area contributed by atoms with Crippen molar-refractivity contribution in [1.29, 1.82) is 0 Å². The molecule has 28 heavy (non-hydrogen) atoms. The standard InChI is InChI=1S/C21H27NO5S/c1-10(2)27-21(26)17-13-5-3-4-6-14(13)28-19(17)22-18(23)15-11-7-8-12(9-11)16(15)20(24)25/h10-12,15-16H,3-9H2,1-2H3,(H,22,23)(H,24,25)/p-1/t11-,12-,15-,16+/m1/s1. The first-order chi connectivity index (χ1) is 13.4. The maximum Gasteiger partial charge on any atom is 0.341 e. The largest absolute Gasteiger partial charge is 0.550 e. The fourth-order valence-corrected chi connectivity index (χ4v) is 6.63. The second kappa shape index (κ2) is 7.50. The Balaban J connectivity index is 1.62. The third-order valence-electron chi connectivity index (χ3n) is 6.45. The zero-order valence-corrected chi connectivity index (χ0v) is 17.1. The number of carbonyl (C=O) groups is 3. The maximum absolute atomic E-state index is 13.1. The molecule has 0 aliphatic heterocycles. The summed E-state index contributed by atoms with van der Waals surface area (Å²) in [6, 6.07) is 0. The lowest BCUT2D eigenvalue weighted by molar-refractivity contribution is -0.314. The van der Waals surface area contributed by atoms with Gasteiger partial charge < -0.3 is 20.0 Å². The summed E-state index contributed by atoms with van der Waals surface area (Å²) in [5, 5.41) is 15.1. The minimum absolute atomic E-state index is 0.0349. The van der Waals surface area contributed by atoms with Crippen LogP contribution in [0.5, 0.6) is 0 Å². The highest BCUT2D eigenvalue weighted by atomic mass is 32.1. The van der Waals surface area contributed by atoms with Crippen LogP contribution >= 0.6 is 11.3 Å². The van der Waals surface area contributed by atoms with Crippen LogP contribution in [0.15, 0.2) is 0 Å². The molecule has 0 radical (unpaired) electrons. The van der Waals surface area contributed by atoms with E-state index in [-0.39, 0.29) is 23.8 Å². The number of carbonyl (C=O) groups excluding carboxylic acids is 3. The maximum atomic E-state index is 13.1. The van der Waals surface area contributed by atoms with Crippen molar-refractivity contribution >= 4 is 34.2 Å². The number of carboxylic acid groups (broad SMARTS) is 1. The Morgan fingerprint density at radius 3 is 2.46 bits per heavy atom. The number of nitrogens with one attached hydrogen (secondary N) is 1. The number of anilines is 1. The normalized spacial score (nSPS) is 28.2. The molecule has 2 saturated carbocycles. The van der Waals surface area contributed by atoms with Gasteiger partial charge >= 0.3 is 5.97 Å². The molecule has 0 aromatic carbocycles. The number of aliphatic carboxylic acids is 1. The second-order valence-electron chi connectivity index (χ2n) is 8.56. The quantitative estimate of drug-likeness (QED) is 0.761. The summed E-state index contributed by atoms with van der Waals surface area (Å²) in [6.07, 6.45) is 6.05. The fraction of sp³-hybridized carbons (Fsp3) is 0.667. The molecule has 0 unspecified atom stereocenters. The van der Waals surface area contributed by atoms with Crippen LogP contribution in [0.4, 0.5) is 5.00 Å². The molecule has 4 atom stereocenters. The molecule has 0 spiro atoms. The van der Waals surface area contributed by atoms with Crippen molar-refractivity contribution < 1.29 is 24.2 Å². The lowest BCUT2D eigenvalue weighted by Gasteiger charge is -2.30. The average molecular weight is 405 g/mol. The summed E-state index contributed by atoms with van der Waals surface area (Å²) in [5.41, 5.74) is 1.46. The van der Waals surface area contributed by atoms with E-state index in [9.17, 15) is 19.5 Å². The first-order valence-corrected chi connectivity index (χ1v) is 11.1. The minimum Gasteiger partial charge on any atom is -0.550 e. The van der Waals surface area contributed by atoms with E-state index in [2.05, 4.69) is 5.32 Å². The first-order valence-electron chi connectivity index (χ1n) is 10.2. The smallest absolute Gasteiger partial charge is 0.341 e. The van der Waals surface area contributed by atoms with E-state index >= 15 is 0 Å². The molecule has 3 aliphatic rings. The van der Waals surface area contributed by atoms with Crippen molar-refractivity contribution in [3.8, 4) is 0 Å². The van der Waals surface area contributed by atoms with Gasteiger partial charge in [-0.25, -0.2) is 4.79 Å². The number of ether oxygens (including phenoxy) is 1. The Morgan fingerprint density at radius 1 is 1.11 bits per heavy atom. The molecule has 7 heteroatoms. The van der Waals surface area contributed by atoms with Crippen LogP contribution in [-0.2, 0) is 27.2 Å². The number of amides is 1. The monoisotopic (exact) mass is 404 g/mol. The lowest BCUT2D eigenvalue weighted by Crippen LogP contribution is -2.44. The Morgan fingerprint density at radius 2 is 1.79 bits per heavy atom. The predicted octanol–water partition coefficient (Wildman–Crippen LogP) is 2.54. The molecule has 6 nitrogen and oxygen atoms in total. The van der Waals surface area contributed by atoms with Crippen LogP contribution in [0.1, 0.15) is 66.8 Å². The van der Waals surface area contributed by atoms with Gasteiger partial charge in [0.1, 0.15) is 5.00 Å². The van der Waals surface area contributed by atoms with Crippen LogP contribution in [-0.4, -0.2) is 23.9 Å². The van der Waals surface area contributed by atoms with Crippen molar-refractivity contribution in [2.45, 2.75) is 64.9 Å². The number of hydrogen-bond acceptors (Lipinski definition) is 6. The van der Waals surface area contributed by atoms with Gasteiger partial charge in [0, 0.05) is 22.7 Å². The molecule has 2 fully saturated rings. The summed E-state index contributed by atoms with van der Waals surface area (Å²) in [5.74, 6) is -3.00. The van der Waals surface area contributed by atoms with Gasteiger partial charge in [-0.2, -0.15) is 0 Å². The van der Waals surface area contributed by atoms with Gasteiger partial charge in [-0.3, -0.25) is 4.79 Å². The summed E-state index contributed by atoms with van der Waals surface area (Å²) < 4.78 is 5.43. The first kappa shape index (κ1) is 19.4. The van der Waals surface area contributed by atoms with Gasteiger partial charge in [-0.15, -0.1) is 11.3 Å². The average Bonchev–Trinajstić information content (AvgIpc) is 3.32. The molecular formula is C21H26NO5S-. The van der Waals surface area contributed by atoms with Gasteiger partial charge in [0.15, 0.2) is 0 Å². The molecule has 1 aromatic rings. The SMILES string of the molecule is CC(C)OC(=O)c1c(NC(=O)[C@@H]2[C@@H]3CC[C@H](C3)[C@@H]2C(=O)[O-])sc2c1CCCC2. The number of thiophene rings is 1. The van der Waals surface area contributed by atoms with E-state index in [1.807, 2.05) is 0 Å². The van der Waals surface area contributed by atoms with Crippen molar-refractivity contribution in [1.82, 2.24) is 0 Å².